The van der Waals surface area contributed by atoms with Crippen LogP contribution in [0.1, 0.15) is 79.8 Å². The summed E-state index contributed by atoms with van der Waals surface area (Å²) in [6, 6.07) is 2.11. The van der Waals surface area contributed by atoms with Crippen LogP contribution >= 0.6 is 11.3 Å². The molecule has 0 radical (unpaired) electrons. The van der Waals surface area contributed by atoms with Crippen molar-refractivity contribution in [3.8, 4) is 6.07 Å². The highest BCUT2D eigenvalue weighted by atomic mass is 32.1. The Hall–Kier alpha value is -3.06. The molecule has 31 heavy (non-hydrogen) atoms. The number of hydrogen-bond donors (Lipinski definition) is 0. The number of thiophene rings is 1. The fourth-order valence-electron chi connectivity index (χ4n) is 3.27. The lowest BCUT2D eigenvalue weighted by Crippen LogP contribution is -2.13. The van der Waals surface area contributed by atoms with Gasteiger partial charge in [-0.25, -0.2) is 9.48 Å². The zero-order chi connectivity index (χ0) is 23.1. The molecule has 164 valence electrons. The molecule has 0 aliphatic carbocycles. The zero-order valence-corrected chi connectivity index (χ0v) is 20.0. The number of hydrogen-bond acceptors (Lipinski definition) is 8. The molecule has 0 saturated carbocycles. The van der Waals surface area contributed by atoms with E-state index in [4.69, 9.17) is 9.84 Å². The van der Waals surface area contributed by atoms with Gasteiger partial charge in [0.2, 0.25) is 0 Å². The number of nitriles is 1. The Balaban J connectivity index is 2.23. The SMILES string of the molecule is CCOC(=O)c1c(N=Nc2c(C(C)(C)C)nn3c(C(C)C)nn(C)c23)sc(C#N)c1C. The predicted octanol–water partition coefficient (Wildman–Crippen LogP) is 5.32. The average Bonchev–Trinajstić information content (AvgIpc) is 3.31. The number of azo groups is 1. The maximum absolute atomic E-state index is 12.5. The van der Waals surface area contributed by atoms with Crippen molar-refractivity contribution in [2.24, 2.45) is 17.3 Å². The number of nitrogens with zero attached hydrogens (tertiary/aromatic N) is 7. The molecule has 10 heteroatoms. The van der Waals surface area contributed by atoms with Crippen LogP contribution in [0.5, 0.6) is 0 Å². The van der Waals surface area contributed by atoms with Crippen molar-refractivity contribution in [1.29, 1.82) is 5.26 Å². The highest BCUT2D eigenvalue weighted by Crippen LogP contribution is 2.40. The van der Waals surface area contributed by atoms with Gasteiger partial charge in [-0.05, 0) is 19.4 Å². The monoisotopic (exact) mass is 441 g/mol. The van der Waals surface area contributed by atoms with Crippen LogP contribution in [-0.2, 0) is 17.2 Å². The Morgan fingerprint density at radius 3 is 2.52 bits per heavy atom. The van der Waals surface area contributed by atoms with Gasteiger partial charge in [-0.1, -0.05) is 34.6 Å². The number of carbonyl (C=O) groups is 1. The first-order valence-electron chi connectivity index (χ1n) is 10.1. The van der Waals surface area contributed by atoms with Crippen molar-refractivity contribution in [3.05, 3.63) is 27.5 Å². The number of aryl methyl sites for hydroxylation is 1. The molecule has 0 saturated heterocycles. The highest BCUT2D eigenvalue weighted by Gasteiger charge is 2.29. The molecule has 3 rings (SSSR count). The lowest BCUT2D eigenvalue weighted by atomic mass is 9.91. The van der Waals surface area contributed by atoms with Gasteiger partial charge in [0.25, 0.3) is 0 Å². The van der Waals surface area contributed by atoms with E-state index in [-0.39, 0.29) is 23.5 Å². The Bertz CT molecular complexity index is 1220. The molecule has 0 aromatic carbocycles. The molecule has 3 aromatic heterocycles. The van der Waals surface area contributed by atoms with Crippen molar-refractivity contribution in [2.45, 2.75) is 59.8 Å². The maximum Gasteiger partial charge on any atom is 0.341 e. The number of ether oxygens (including phenoxy) is 1. The van der Waals surface area contributed by atoms with Crippen LogP contribution in [0.15, 0.2) is 10.2 Å². The van der Waals surface area contributed by atoms with Gasteiger partial charge in [0, 0.05) is 18.4 Å². The van der Waals surface area contributed by atoms with Crippen LogP contribution in [-0.4, -0.2) is 32.0 Å². The first kappa shape index (κ1) is 22.6. The standard InChI is InChI=1S/C21H27N7O2S/c1-9-30-20(29)14-12(4)13(10-22)31-18(14)24-23-15-16(21(5,6)7)25-28-17(11(2)3)26-27(8)19(15)28/h11H,9H2,1-8H3. The third kappa shape index (κ3) is 3.97. The Kier molecular flexibility index (Phi) is 6.00. The van der Waals surface area contributed by atoms with Crippen LogP contribution in [0.3, 0.4) is 0 Å². The van der Waals surface area contributed by atoms with E-state index in [0.29, 0.717) is 21.1 Å². The minimum Gasteiger partial charge on any atom is -0.462 e. The van der Waals surface area contributed by atoms with Gasteiger partial charge >= 0.3 is 5.97 Å². The largest absolute Gasteiger partial charge is 0.462 e. The van der Waals surface area contributed by atoms with E-state index in [1.165, 1.54) is 0 Å². The Labute approximate surface area is 185 Å². The van der Waals surface area contributed by atoms with E-state index >= 15 is 0 Å². The summed E-state index contributed by atoms with van der Waals surface area (Å²) in [5.74, 6) is 0.496. The van der Waals surface area contributed by atoms with Crippen molar-refractivity contribution in [2.75, 3.05) is 6.61 Å². The van der Waals surface area contributed by atoms with E-state index in [9.17, 15) is 10.1 Å². The summed E-state index contributed by atoms with van der Waals surface area (Å²) in [4.78, 5) is 12.9. The molecule has 3 heterocycles. The molecule has 9 nitrogen and oxygen atoms in total. The van der Waals surface area contributed by atoms with Gasteiger partial charge in [0.1, 0.15) is 16.5 Å². The third-order valence-corrected chi connectivity index (χ3v) is 5.87. The van der Waals surface area contributed by atoms with E-state index in [0.717, 1.165) is 28.5 Å². The minimum absolute atomic E-state index is 0.176. The van der Waals surface area contributed by atoms with Gasteiger partial charge in [0.05, 0.1) is 12.3 Å². The van der Waals surface area contributed by atoms with Gasteiger partial charge in [-0.2, -0.15) is 20.0 Å². The van der Waals surface area contributed by atoms with E-state index < -0.39 is 5.97 Å². The molecular formula is C21H27N7O2S. The number of fused-ring (bicyclic) bond motifs is 1. The number of rotatable bonds is 5. The quantitative estimate of drug-likeness (QED) is 0.393. The van der Waals surface area contributed by atoms with Crippen LogP contribution in [0.4, 0.5) is 10.7 Å². The Morgan fingerprint density at radius 1 is 1.29 bits per heavy atom. The lowest BCUT2D eigenvalue weighted by Gasteiger charge is -2.15. The Morgan fingerprint density at radius 2 is 1.97 bits per heavy atom. The first-order chi connectivity index (χ1) is 14.5. The van der Waals surface area contributed by atoms with Crippen molar-refractivity contribution in [3.63, 3.8) is 0 Å². The fraction of sp³-hybridized carbons (Fsp3) is 0.524. The summed E-state index contributed by atoms with van der Waals surface area (Å²) < 4.78 is 8.73. The van der Waals surface area contributed by atoms with Gasteiger partial charge in [-0.3, -0.25) is 0 Å². The summed E-state index contributed by atoms with van der Waals surface area (Å²) in [5, 5.41) is 28.1. The van der Waals surface area contributed by atoms with E-state index in [2.05, 4.69) is 56.0 Å². The second kappa shape index (κ2) is 8.23. The maximum atomic E-state index is 12.5. The topological polar surface area (TPSA) is 110 Å². The van der Waals surface area contributed by atoms with Crippen LogP contribution in [0.2, 0.25) is 0 Å². The molecule has 0 aliphatic heterocycles. The number of carbonyl (C=O) groups excluding carboxylic acids is 1. The van der Waals surface area contributed by atoms with Crippen molar-refractivity contribution < 1.29 is 9.53 Å². The fourth-order valence-corrected chi connectivity index (χ4v) is 4.18. The molecule has 0 atom stereocenters. The number of esters is 1. The predicted molar refractivity (Wildman–Crippen MR) is 119 cm³/mol. The molecule has 0 N–H and O–H groups in total. The molecule has 0 unspecified atom stereocenters. The molecule has 0 amide bonds. The number of aromatic nitrogens is 4. The highest BCUT2D eigenvalue weighted by molar-refractivity contribution is 7.16. The molecule has 0 aliphatic rings. The van der Waals surface area contributed by atoms with Crippen LogP contribution in [0, 0.1) is 18.3 Å². The summed E-state index contributed by atoms with van der Waals surface area (Å²) in [6.45, 7) is 14.0. The van der Waals surface area contributed by atoms with E-state index in [1.807, 2.05) is 11.6 Å². The van der Waals surface area contributed by atoms with Gasteiger partial charge < -0.3 is 4.74 Å². The molecular weight excluding hydrogens is 414 g/mol. The second-order valence-electron chi connectivity index (χ2n) is 8.59. The zero-order valence-electron chi connectivity index (χ0n) is 19.1. The minimum atomic E-state index is -0.509. The van der Waals surface area contributed by atoms with Gasteiger partial charge in [-0.15, -0.1) is 21.6 Å². The van der Waals surface area contributed by atoms with Crippen LogP contribution in [0.25, 0.3) is 5.65 Å². The van der Waals surface area contributed by atoms with Crippen LogP contribution < -0.4 is 0 Å². The smallest absolute Gasteiger partial charge is 0.341 e. The summed E-state index contributed by atoms with van der Waals surface area (Å²) in [7, 11) is 1.85. The normalized spacial score (nSPS) is 12.3. The van der Waals surface area contributed by atoms with Crippen molar-refractivity contribution >= 4 is 33.6 Å². The first-order valence-corrected chi connectivity index (χ1v) is 10.9. The molecule has 0 bridgehead atoms. The summed E-state index contributed by atoms with van der Waals surface area (Å²) >= 11 is 1.12. The lowest BCUT2D eigenvalue weighted by molar-refractivity contribution is 0.0527. The summed E-state index contributed by atoms with van der Waals surface area (Å²) in [6.07, 6.45) is 0. The third-order valence-electron chi connectivity index (χ3n) is 4.79. The van der Waals surface area contributed by atoms with Gasteiger partial charge in [0.15, 0.2) is 22.2 Å². The van der Waals surface area contributed by atoms with Crippen molar-refractivity contribution in [1.82, 2.24) is 19.4 Å². The average molecular weight is 442 g/mol. The second-order valence-corrected chi connectivity index (χ2v) is 9.59. The molecule has 0 spiro atoms. The van der Waals surface area contributed by atoms with E-state index in [1.54, 1.807) is 18.5 Å². The molecule has 0 fully saturated rings. The molecule has 3 aromatic rings. The summed E-state index contributed by atoms with van der Waals surface area (Å²) in [5.41, 5.74) is 2.64.